The van der Waals surface area contributed by atoms with E-state index in [2.05, 4.69) is 35.9 Å². The van der Waals surface area contributed by atoms with Crippen LogP contribution in [0.15, 0.2) is 42.9 Å². The molecule has 0 bridgehead atoms. The van der Waals surface area contributed by atoms with Gasteiger partial charge in [-0.2, -0.15) is 0 Å². The first-order valence-corrected chi connectivity index (χ1v) is 5.68. The number of nitrogens with zero attached hydrogens (tertiary/aromatic N) is 2. The molecule has 82 valence electrons. The largest absolute Gasteiger partial charge is 0.244 e. The van der Waals surface area contributed by atoms with Crippen molar-refractivity contribution in [2.24, 2.45) is 0 Å². The Labute approximate surface area is 96.4 Å². The zero-order chi connectivity index (χ0) is 11.4. The van der Waals surface area contributed by atoms with E-state index in [-0.39, 0.29) is 0 Å². The van der Waals surface area contributed by atoms with E-state index in [4.69, 9.17) is 0 Å². The molecule has 2 rings (SSSR count). The lowest BCUT2D eigenvalue weighted by atomic mass is 9.96. The Kier molecular flexibility index (Phi) is 3.30. The molecule has 16 heavy (non-hydrogen) atoms. The van der Waals surface area contributed by atoms with Crippen molar-refractivity contribution in [2.75, 3.05) is 0 Å². The summed E-state index contributed by atoms with van der Waals surface area (Å²) in [6.07, 6.45) is 4.63. The highest BCUT2D eigenvalue weighted by molar-refractivity contribution is 5.65. The van der Waals surface area contributed by atoms with Crippen LogP contribution < -0.4 is 0 Å². The monoisotopic (exact) mass is 212 g/mol. The molecular formula is C14H16N2. The van der Waals surface area contributed by atoms with Crippen molar-refractivity contribution in [1.29, 1.82) is 0 Å². The Bertz CT molecular complexity index is 451. The number of aromatic nitrogens is 2. The summed E-state index contributed by atoms with van der Waals surface area (Å²) in [5.41, 5.74) is 3.49. The van der Waals surface area contributed by atoms with Crippen LogP contribution in [0.2, 0.25) is 0 Å². The van der Waals surface area contributed by atoms with Crippen LogP contribution in [-0.2, 0) is 0 Å². The van der Waals surface area contributed by atoms with Crippen molar-refractivity contribution in [2.45, 2.75) is 26.2 Å². The number of hydrogen-bond donors (Lipinski definition) is 0. The van der Waals surface area contributed by atoms with Crippen LogP contribution in [0.5, 0.6) is 0 Å². The van der Waals surface area contributed by atoms with Crippen LogP contribution in [0.4, 0.5) is 0 Å². The van der Waals surface area contributed by atoms with E-state index in [0.29, 0.717) is 5.92 Å². The van der Waals surface area contributed by atoms with Gasteiger partial charge in [-0.25, -0.2) is 9.97 Å². The van der Waals surface area contributed by atoms with Crippen molar-refractivity contribution in [3.63, 3.8) is 0 Å². The first-order chi connectivity index (χ1) is 7.83. The van der Waals surface area contributed by atoms with Gasteiger partial charge in [0, 0.05) is 11.8 Å². The molecule has 2 aromatic rings. The molecule has 1 aromatic carbocycles. The van der Waals surface area contributed by atoms with Crippen molar-refractivity contribution in [3.8, 4) is 11.1 Å². The van der Waals surface area contributed by atoms with Crippen molar-refractivity contribution in [3.05, 3.63) is 48.5 Å². The van der Waals surface area contributed by atoms with Crippen molar-refractivity contribution >= 4 is 0 Å². The zero-order valence-electron chi connectivity index (χ0n) is 9.72. The highest BCUT2D eigenvalue weighted by atomic mass is 14.8. The molecule has 0 N–H and O–H groups in total. The maximum atomic E-state index is 4.41. The summed E-state index contributed by atoms with van der Waals surface area (Å²) in [4.78, 5) is 8.54. The zero-order valence-corrected chi connectivity index (χ0v) is 9.72. The maximum Gasteiger partial charge on any atom is 0.115 e. The fraction of sp³-hybridized carbons (Fsp3) is 0.286. The third-order valence-electron chi connectivity index (χ3n) is 2.91. The molecule has 0 aliphatic heterocycles. The minimum atomic E-state index is 0.471. The normalized spacial score (nSPS) is 12.4. The standard InChI is InChI=1S/C14H16N2/c1-3-11(2)14-13(9-15-10-16-14)12-7-5-4-6-8-12/h4-11H,3H2,1-2H3. The quantitative estimate of drug-likeness (QED) is 0.776. The predicted molar refractivity (Wildman–Crippen MR) is 66.2 cm³/mol. The van der Waals surface area contributed by atoms with E-state index in [9.17, 15) is 0 Å². The third kappa shape index (κ3) is 2.11. The van der Waals surface area contributed by atoms with Gasteiger partial charge in [-0.15, -0.1) is 0 Å². The van der Waals surface area contributed by atoms with Crippen LogP contribution in [0.1, 0.15) is 31.9 Å². The molecule has 0 saturated heterocycles. The first-order valence-electron chi connectivity index (χ1n) is 5.68. The SMILES string of the molecule is CCC(C)c1ncncc1-c1ccccc1. The Morgan fingerprint density at radius 2 is 1.94 bits per heavy atom. The summed E-state index contributed by atoms with van der Waals surface area (Å²) in [5, 5.41) is 0. The molecular weight excluding hydrogens is 196 g/mol. The number of hydrogen-bond acceptors (Lipinski definition) is 2. The van der Waals surface area contributed by atoms with Crippen LogP contribution in [0.3, 0.4) is 0 Å². The first kappa shape index (κ1) is 10.8. The lowest BCUT2D eigenvalue weighted by molar-refractivity contribution is 0.706. The minimum absolute atomic E-state index is 0.471. The van der Waals surface area contributed by atoms with Gasteiger partial charge in [0.1, 0.15) is 6.33 Å². The smallest absolute Gasteiger partial charge is 0.115 e. The van der Waals surface area contributed by atoms with Crippen molar-refractivity contribution in [1.82, 2.24) is 9.97 Å². The highest BCUT2D eigenvalue weighted by Gasteiger charge is 2.11. The number of rotatable bonds is 3. The maximum absolute atomic E-state index is 4.41. The molecule has 0 aliphatic carbocycles. The van der Waals surface area contributed by atoms with Crippen LogP contribution in [0, 0.1) is 0 Å². The second kappa shape index (κ2) is 4.88. The average Bonchev–Trinajstić information content (AvgIpc) is 2.39. The van der Waals surface area contributed by atoms with E-state index in [0.717, 1.165) is 17.7 Å². The van der Waals surface area contributed by atoms with Gasteiger partial charge in [-0.1, -0.05) is 44.2 Å². The summed E-state index contributed by atoms with van der Waals surface area (Å²) in [6, 6.07) is 10.3. The Morgan fingerprint density at radius 3 is 2.62 bits per heavy atom. The molecule has 1 aromatic heterocycles. The van der Waals surface area contributed by atoms with Gasteiger partial charge in [0.05, 0.1) is 5.69 Å². The van der Waals surface area contributed by atoms with E-state index in [1.165, 1.54) is 5.56 Å². The highest BCUT2D eigenvalue weighted by Crippen LogP contribution is 2.27. The second-order valence-electron chi connectivity index (χ2n) is 4.00. The van der Waals surface area contributed by atoms with E-state index in [1.807, 2.05) is 24.4 Å². The minimum Gasteiger partial charge on any atom is -0.244 e. The lowest BCUT2D eigenvalue weighted by Gasteiger charge is -2.12. The van der Waals surface area contributed by atoms with Gasteiger partial charge >= 0.3 is 0 Å². The van der Waals surface area contributed by atoms with Gasteiger partial charge in [0.15, 0.2) is 0 Å². The second-order valence-corrected chi connectivity index (χ2v) is 4.00. The molecule has 2 nitrogen and oxygen atoms in total. The van der Waals surface area contributed by atoms with Gasteiger partial charge < -0.3 is 0 Å². The Morgan fingerprint density at radius 1 is 1.19 bits per heavy atom. The molecule has 1 heterocycles. The van der Waals surface area contributed by atoms with Crippen LogP contribution >= 0.6 is 0 Å². The molecule has 0 amide bonds. The molecule has 0 fully saturated rings. The van der Waals surface area contributed by atoms with Gasteiger partial charge in [0.25, 0.3) is 0 Å². The average molecular weight is 212 g/mol. The molecule has 2 heteroatoms. The van der Waals surface area contributed by atoms with Crippen molar-refractivity contribution < 1.29 is 0 Å². The Balaban J connectivity index is 2.49. The fourth-order valence-electron chi connectivity index (χ4n) is 1.77. The fourth-order valence-corrected chi connectivity index (χ4v) is 1.77. The molecule has 0 spiro atoms. The number of benzene rings is 1. The molecule has 0 saturated carbocycles. The van der Waals surface area contributed by atoms with E-state index < -0.39 is 0 Å². The van der Waals surface area contributed by atoms with E-state index >= 15 is 0 Å². The van der Waals surface area contributed by atoms with Gasteiger partial charge in [-0.05, 0) is 17.9 Å². The lowest BCUT2D eigenvalue weighted by Crippen LogP contribution is -1.99. The van der Waals surface area contributed by atoms with Gasteiger partial charge in [0.2, 0.25) is 0 Å². The van der Waals surface area contributed by atoms with E-state index in [1.54, 1.807) is 6.33 Å². The Hall–Kier alpha value is -1.70. The molecule has 0 aliphatic rings. The third-order valence-corrected chi connectivity index (χ3v) is 2.91. The summed E-state index contributed by atoms with van der Waals surface area (Å²) in [5.74, 6) is 0.471. The van der Waals surface area contributed by atoms with Gasteiger partial charge in [-0.3, -0.25) is 0 Å². The molecule has 1 unspecified atom stereocenters. The molecule has 0 radical (unpaired) electrons. The summed E-state index contributed by atoms with van der Waals surface area (Å²) in [6.45, 7) is 4.39. The molecule has 1 atom stereocenters. The summed E-state index contributed by atoms with van der Waals surface area (Å²) < 4.78 is 0. The van der Waals surface area contributed by atoms with Crippen LogP contribution in [-0.4, -0.2) is 9.97 Å². The summed E-state index contributed by atoms with van der Waals surface area (Å²) in [7, 11) is 0. The topological polar surface area (TPSA) is 25.8 Å². The summed E-state index contributed by atoms with van der Waals surface area (Å²) >= 11 is 0. The van der Waals surface area contributed by atoms with Crippen LogP contribution in [0.25, 0.3) is 11.1 Å². The predicted octanol–water partition coefficient (Wildman–Crippen LogP) is 3.66.